The maximum atomic E-state index is 14.0. The lowest BCUT2D eigenvalue weighted by Gasteiger charge is -2.33. The van der Waals surface area contributed by atoms with Crippen molar-refractivity contribution in [1.29, 1.82) is 0 Å². The Bertz CT molecular complexity index is 1160. The first kappa shape index (κ1) is 19.9. The topological polar surface area (TPSA) is 40.6 Å². The van der Waals surface area contributed by atoms with Gasteiger partial charge in [-0.15, -0.1) is 11.8 Å². The van der Waals surface area contributed by atoms with Crippen LogP contribution >= 0.6 is 11.8 Å². The lowest BCUT2D eigenvalue weighted by Crippen LogP contribution is -2.50. The number of carbonyl (C=O) groups is 2. The second-order valence-electron chi connectivity index (χ2n) is 8.21. The van der Waals surface area contributed by atoms with Crippen LogP contribution in [-0.4, -0.2) is 29.0 Å². The lowest BCUT2D eigenvalue weighted by atomic mass is 10.0. The minimum absolute atomic E-state index is 0.0274. The van der Waals surface area contributed by atoms with Gasteiger partial charge in [-0.05, 0) is 37.6 Å². The Balaban J connectivity index is 1.60. The van der Waals surface area contributed by atoms with Crippen molar-refractivity contribution in [3.8, 4) is 0 Å². The second-order valence-corrected chi connectivity index (χ2v) is 9.50. The second kappa shape index (κ2) is 7.57. The van der Waals surface area contributed by atoms with E-state index in [2.05, 4.69) is 37.3 Å². The van der Waals surface area contributed by atoms with Crippen molar-refractivity contribution >= 4 is 29.3 Å². The van der Waals surface area contributed by atoms with Gasteiger partial charge in [0.15, 0.2) is 4.87 Å². The van der Waals surface area contributed by atoms with Crippen LogP contribution in [0.3, 0.4) is 0 Å². The highest BCUT2D eigenvalue weighted by Crippen LogP contribution is 2.55. The third-order valence-electron chi connectivity index (χ3n) is 6.08. The SMILES string of the molecule is Cc1ccc(CN2C(=O)C3(SCCN3C(=O)c3ccccc3)c3cc(C)ccc32)cc1. The van der Waals surface area contributed by atoms with Gasteiger partial charge in [-0.3, -0.25) is 9.59 Å². The number of fused-ring (bicyclic) bond motifs is 2. The Morgan fingerprint density at radius 1 is 0.968 bits per heavy atom. The zero-order valence-electron chi connectivity index (χ0n) is 17.7. The molecule has 0 radical (unpaired) electrons. The van der Waals surface area contributed by atoms with E-state index >= 15 is 0 Å². The molecular formula is C26H24N2O2S. The van der Waals surface area contributed by atoms with Crippen LogP contribution in [0.1, 0.15) is 32.6 Å². The number of anilines is 1. The molecule has 156 valence electrons. The molecule has 3 aromatic rings. The van der Waals surface area contributed by atoms with Crippen molar-refractivity contribution in [2.24, 2.45) is 0 Å². The molecule has 4 nitrogen and oxygen atoms in total. The minimum atomic E-state index is -1.00. The van der Waals surface area contributed by atoms with Gasteiger partial charge in [-0.25, -0.2) is 0 Å². The molecule has 31 heavy (non-hydrogen) atoms. The lowest BCUT2D eigenvalue weighted by molar-refractivity contribution is -0.123. The standard InChI is InChI=1S/C26H24N2O2S/c1-18-8-11-20(12-9-18)17-27-23-13-10-19(2)16-22(23)26(25(27)30)28(14-15-31-26)24(29)21-6-4-3-5-7-21/h3-13,16H,14-15,17H2,1-2H3. The number of benzene rings is 3. The third-order valence-corrected chi connectivity index (χ3v) is 7.50. The van der Waals surface area contributed by atoms with Crippen molar-refractivity contribution < 1.29 is 9.59 Å². The maximum absolute atomic E-state index is 14.0. The Morgan fingerprint density at radius 3 is 2.42 bits per heavy atom. The van der Waals surface area contributed by atoms with Crippen LogP contribution in [0.2, 0.25) is 0 Å². The smallest absolute Gasteiger partial charge is 0.268 e. The van der Waals surface area contributed by atoms with E-state index < -0.39 is 4.87 Å². The quantitative estimate of drug-likeness (QED) is 0.596. The Hall–Kier alpha value is -3.05. The molecule has 2 heterocycles. The molecule has 5 rings (SSSR count). The Labute approximate surface area is 186 Å². The number of aryl methyl sites for hydroxylation is 2. The molecule has 0 aliphatic carbocycles. The fraction of sp³-hybridized carbons (Fsp3) is 0.231. The van der Waals surface area contributed by atoms with Gasteiger partial charge in [0.25, 0.3) is 11.8 Å². The van der Waals surface area contributed by atoms with E-state index in [0.717, 1.165) is 28.1 Å². The Kier molecular flexibility index (Phi) is 4.86. The van der Waals surface area contributed by atoms with Crippen LogP contribution in [0.4, 0.5) is 5.69 Å². The number of carbonyl (C=O) groups excluding carboxylic acids is 2. The summed E-state index contributed by atoms with van der Waals surface area (Å²) >= 11 is 1.57. The molecule has 2 aliphatic heterocycles. The van der Waals surface area contributed by atoms with Gasteiger partial charge in [0.1, 0.15) is 0 Å². The van der Waals surface area contributed by atoms with E-state index in [-0.39, 0.29) is 11.8 Å². The van der Waals surface area contributed by atoms with Gasteiger partial charge < -0.3 is 9.80 Å². The van der Waals surface area contributed by atoms with E-state index in [1.54, 1.807) is 16.7 Å². The summed E-state index contributed by atoms with van der Waals surface area (Å²) in [6, 6.07) is 23.7. The van der Waals surface area contributed by atoms with Crippen molar-refractivity contribution in [2.75, 3.05) is 17.2 Å². The minimum Gasteiger partial charge on any atom is -0.311 e. The molecule has 1 atom stereocenters. The Morgan fingerprint density at radius 2 is 1.68 bits per heavy atom. The molecule has 0 N–H and O–H groups in total. The summed E-state index contributed by atoms with van der Waals surface area (Å²) in [5.74, 6) is 0.611. The molecule has 0 aromatic heterocycles. The number of thioether (sulfide) groups is 1. The normalized spacial score (nSPS) is 19.9. The molecule has 2 amide bonds. The first-order chi connectivity index (χ1) is 15.0. The monoisotopic (exact) mass is 428 g/mol. The van der Waals surface area contributed by atoms with E-state index in [0.29, 0.717) is 18.7 Å². The summed E-state index contributed by atoms with van der Waals surface area (Å²) < 4.78 is 0. The first-order valence-corrected chi connectivity index (χ1v) is 11.5. The molecule has 1 unspecified atom stereocenters. The highest BCUT2D eigenvalue weighted by Gasteiger charge is 2.59. The highest BCUT2D eigenvalue weighted by molar-refractivity contribution is 8.01. The molecule has 0 saturated carbocycles. The summed E-state index contributed by atoms with van der Waals surface area (Å²) in [6.45, 7) is 5.13. The number of nitrogens with zero attached hydrogens (tertiary/aromatic N) is 2. The highest BCUT2D eigenvalue weighted by atomic mass is 32.2. The van der Waals surface area contributed by atoms with E-state index in [4.69, 9.17) is 0 Å². The van der Waals surface area contributed by atoms with E-state index in [1.165, 1.54) is 5.56 Å². The summed E-state index contributed by atoms with van der Waals surface area (Å²) in [7, 11) is 0. The number of amides is 2. The molecule has 3 aromatic carbocycles. The molecule has 0 bridgehead atoms. The summed E-state index contributed by atoms with van der Waals surface area (Å²) in [6.07, 6.45) is 0. The van der Waals surface area contributed by atoms with Crippen LogP contribution in [0, 0.1) is 13.8 Å². The zero-order valence-corrected chi connectivity index (χ0v) is 18.5. The van der Waals surface area contributed by atoms with Crippen molar-refractivity contribution in [3.05, 3.63) is 101 Å². The summed E-state index contributed by atoms with van der Waals surface area (Å²) in [4.78, 5) is 30.1. The van der Waals surface area contributed by atoms with Gasteiger partial charge in [0, 0.05) is 23.4 Å². The molecule has 2 aliphatic rings. The average molecular weight is 429 g/mol. The molecular weight excluding hydrogens is 404 g/mol. The fourth-order valence-electron chi connectivity index (χ4n) is 4.50. The third kappa shape index (κ3) is 3.15. The number of hydrogen-bond donors (Lipinski definition) is 0. The van der Waals surface area contributed by atoms with Gasteiger partial charge >= 0.3 is 0 Å². The van der Waals surface area contributed by atoms with Crippen LogP contribution in [0.25, 0.3) is 0 Å². The fourth-order valence-corrected chi connectivity index (χ4v) is 5.95. The molecule has 1 fully saturated rings. The summed E-state index contributed by atoms with van der Waals surface area (Å²) in [5.41, 5.74) is 5.79. The predicted molar refractivity (Wildman–Crippen MR) is 125 cm³/mol. The number of rotatable bonds is 3. The molecule has 5 heteroatoms. The maximum Gasteiger partial charge on any atom is 0.268 e. The van der Waals surface area contributed by atoms with Crippen molar-refractivity contribution in [2.45, 2.75) is 25.3 Å². The van der Waals surface area contributed by atoms with Crippen molar-refractivity contribution in [1.82, 2.24) is 4.90 Å². The van der Waals surface area contributed by atoms with Crippen molar-refractivity contribution in [3.63, 3.8) is 0 Å². The average Bonchev–Trinajstić information content (AvgIpc) is 3.32. The first-order valence-electron chi connectivity index (χ1n) is 10.5. The van der Waals surface area contributed by atoms with Gasteiger partial charge in [0.05, 0.1) is 12.2 Å². The van der Waals surface area contributed by atoms with Crippen LogP contribution < -0.4 is 4.90 Å². The van der Waals surface area contributed by atoms with Crippen LogP contribution in [0.15, 0.2) is 72.8 Å². The van der Waals surface area contributed by atoms with Gasteiger partial charge in [-0.1, -0.05) is 65.7 Å². The van der Waals surface area contributed by atoms with Crippen LogP contribution in [-0.2, 0) is 16.2 Å². The van der Waals surface area contributed by atoms with Gasteiger partial charge in [-0.2, -0.15) is 0 Å². The van der Waals surface area contributed by atoms with Gasteiger partial charge in [0.2, 0.25) is 0 Å². The van der Waals surface area contributed by atoms with E-state index in [9.17, 15) is 9.59 Å². The number of hydrogen-bond acceptors (Lipinski definition) is 3. The largest absolute Gasteiger partial charge is 0.311 e. The predicted octanol–water partition coefficient (Wildman–Crippen LogP) is 4.89. The molecule has 1 saturated heterocycles. The van der Waals surface area contributed by atoms with Crippen LogP contribution in [0.5, 0.6) is 0 Å². The summed E-state index contributed by atoms with van der Waals surface area (Å²) in [5, 5.41) is 0. The zero-order chi connectivity index (χ0) is 21.6. The molecule has 1 spiro atoms. The van der Waals surface area contributed by atoms with E-state index in [1.807, 2.05) is 54.3 Å².